The number of nitrogen functional groups attached to an aromatic ring is 1. The lowest BCUT2D eigenvalue weighted by atomic mass is 10.2. The number of hydrogen-bond acceptors (Lipinski definition) is 5. The second kappa shape index (κ2) is 4.73. The predicted octanol–water partition coefficient (Wildman–Crippen LogP) is 0.916. The molecule has 0 radical (unpaired) electrons. The van der Waals surface area contributed by atoms with E-state index < -0.39 is 5.56 Å². The molecule has 0 unspecified atom stereocenters. The Balaban J connectivity index is 3.87. The van der Waals surface area contributed by atoms with E-state index in [1.165, 1.54) is 16.3 Å². The first-order chi connectivity index (χ1) is 7.62. The van der Waals surface area contributed by atoms with Gasteiger partial charge in [0.15, 0.2) is 0 Å². The molecular formula is C10H10N4OS. The Bertz CT molecular complexity index is 562. The number of thioether (sulfide) groups is 1. The summed E-state index contributed by atoms with van der Waals surface area (Å²) in [5.74, 6) is 0.123. The molecule has 0 aliphatic rings. The molecule has 1 aromatic heterocycles. The summed E-state index contributed by atoms with van der Waals surface area (Å²) in [7, 11) is 0. The van der Waals surface area contributed by atoms with E-state index in [0.717, 1.165) is 0 Å². The maximum absolute atomic E-state index is 11.8. The molecule has 1 aromatic rings. The highest BCUT2D eigenvalue weighted by molar-refractivity contribution is 7.98. The molecule has 0 atom stereocenters. The van der Waals surface area contributed by atoms with Crippen LogP contribution in [0, 0.1) is 22.7 Å². The number of anilines is 1. The summed E-state index contributed by atoms with van der Waals surface area (Å²) in [4.78, 5) is 12.2. The van der Waals surface area contributed by atoms with Crippen molar-refractivity contribution in [1.82, 2.24) is 4.57 Å². The van der Waals surface area contributed by atoms with Crippen LogP contribution in [0.15, 0.2) is 9.69 Å². The third kappa shape index (κ3) is 1.64. The first-order valence-corrected chi connectivity index (χ1v) is 5.75. The molecule has 0 bridgehead atoms. The van der Waals surface area contributed by atoms with Gasteiger partial charge in [-0.2, -0.15) is 10.5 Å². The molecule has 1 heterocycles. The number of nitrogens with zero attached hydrogens (tertiary/aromatic N) is 3. The minimum absolute atomic E-state index is 0.0138. The molecule has 6 heteroatoms. The van der Waals surface area contributed by atoms with Crippen molar-refractivity contribution in [3.63, 3.8) is 0 Å². The van der Waals surface area contributed by atoms with Crippen molar-refractivity contribution in [2.45, 2.75) is 18.4 Å². The maximum atomic E-state index is 11.8. The van der Waals surface area contributed by atoms with E-state index in [4.69, 9.17) is 16.3 Å². The minimum Gasteiger partial charge on any atom is -0.384 e. The van der Waals surface area contributed by atoms with Crippen LogP contribution in [-0.4, -0.2) is 10.8 Å². The molecule has 16 heavy (non-hydrogen) atoms. The minimum atomic E-state index is -0.439. The van der Waals surface area contributed by atoms with E-state index in [1.807, 2.05) is 12.1 Å². The Morgan fingerprint density at radius 3 is 2.31 bits per heavy atom. The molecule has 2 N–H and O–H groups in total. The fourth-order valence-corrected chi connectivity index (χ4v) is 2.13. The first-order valence-electron chi connectivity index (χ1n) is 4.52. The molecule has 82 valence electrons. The van der Waals surface area contributed by atoms with Gasteiger partial charge in [-0.05, 0) is 13.2 Å². The van der Waals surface area contributed by atoms with Gasteiger partial charge in [-0.3, -0.25) is 9.36 Å². The fourth-order valence-electron chi connectivity index (χ4n) is 1.44. The van der Waals surface area contributed by atoms with Gasteiger partial charge in [0.2, 0.25) is 0 Å². The molecule has 1 rings (SSSR count). The number of nitrogens with two attached hydrogens (primary N) is 1. The lowest BCUT2D eigenvalue weighted by molar-refractivity contribution is 0.729. The Hall–Kier alpha value is -1.92. The Labute approximate surface area is 97.1 Å². The van der Waals surface area contributed by atoms with E-state index in [0.29, 0.717) is 11.4 Å². The summed E-state index contributed by atoms with van der Waals surface area (Å²) in [6.07, 6.45) is 1.70. The molecule has 0 saturated heterocycles. The topological polar surface area (TPSA) is 95.6 Å². The Kier molecular flexibility index (Phi) is 3.60. The van der Waals surface area contributed by atoms with Gasteiger partial charge in [-0.15, -0.1) is 11.8 Å². The highest BCUT2D eigenvalue weighted by Crippen LogP contribution is 2.25. The molecule has 0 fully saturated rings. The van der Waals surface area contributed by atoms with Crippen molar-refractivity contribution >= 4 is 17.6 Å². The summed E-state index contributed by atoms with van der Waals surface area (Å²) in [5, 5.41) is 17.9. The summed E-state index contributed by atoms with van der Waals surface area (Å²) in [6, 6.07) is 3.77. The van der Waals surface area contributed by atoms with Crippen LogP contribution in [0.4, 0.5) is 5.82 Å². The van der Waals surface area contributed by atoms with Crippen LogP contribution in [0.3, 0.4) is 0 Å². The molecule has 0 amide bonds. The van der Waals surface area contributed by atoms with Crippen LogP contribution in [0.25, 0.3) is 0 Å². The molecule has 0 spiro atoms. The van der Waals surface area contributed by atoms with E-state index in [2.05, 4.69) is 0 Å². The van der Waals surface area contributed by atoms with Gasteiger partial charge in [-0.25, -0.2) is 0 Å². The molecule has 5 nitrogen and oxygen atoms in total. The van der Waals surface area contributed by atoms with Crippen molar-refractivity contribution in [3.8, 4) is 12.1 Å². The highest BCUT2D eigenvalue weighted by Gasteiger charge is 2.18. The van der Waals surface area contributed by atoms with Gasteiger partial charge in [0.25, 0.3) is 5.56 Å². The standard InChI is InChI=1S/C10H10N4OS/c1-3-14-9(13)6(4-11)8(16-2)7(5-12)10(14)15/h3,13H2,1-2H3. The van der Waals surface area contributed by atoms with E-state index in [-0.39, 0.29) is 16.9 Å². The summed E-state index contributed by atoms with van der Waals surface area (Å²) >= 11 is 1.18. The molecule has 0 saturated carbocycles. The SMILES string of the molecule is CCn1c(N)c(C#N)c(SC)c(C#N)c1=O. The highest BCUT2D eigenvalue weighted by atomic mass is 32.2. The van der Waals surface area contributed by atoms with Crippen LogP contribution in [0.2, 0.25) is 0 Å². The monoisotopic (exact) mass is 234 g/mol. The van der Waals surface area contributed by atoms with Crippen molar-refractivity contribution < 1.29 is 0 Å². The van der Waals surface area contributed by atoms with Gasteiger partial charge in [0.1, 0.15) is 29.1 Å². The second-order valence-electron chi connectivity index (χ2n) is 2.94. The largest absolute Gasteiger partial charge is 0.384 e. The van der Waals surface area contributed by atoms with Crippen LogP contribution in [-0.2, 0) is 6.54 Å². The number of pyridine rings is 1. The Morgan fingerprint density at radius 2 is 1.94 bits per heavy atom. The Morgan fingerprint density at radius 1 is 1.38 bits per heavy atom. The average Bonchev–Trinajstić information content (AvgIpc) is 2.29. The van der Waals surface area contributed by atoms with Gasteiger partial charge >= 0.3 is 0 Å². The quantitative estimate of drug-likeness (QED) is 0.767. The summed E-state index contributed by atoms with van der Waals surface area (Å²) < 4.78 is 1.23. The summed E-state index contributed by atoms with van der Waals surface area (Å²) in [6.45, 7) is 2.07. The number of hydrogen-bond donors (Lipinski definition) is 1. The van der Waals surface area contributed by atoms with Crippen molar-refractivity contribution in [2.75, 3.05) is 12.0 Å². The van der Waals surface area contributed by atoms with Gasteiger partial charge < -0.3 is 5.73 Å². The lowest BCUT2D eigenvalue weighted by Crippen LogP contribution is -2.26. The third-order valence-electron chi connectivity index (χ3n) is 2.20. The van der Waals surface area contributed by atoms with E-state index in [9.17, 15) is 4.79 Å². The van der Waals surface area contributed by atoms with E-state index >= 15 is 0 Å². The van der Waals surface area contributed by atoms with Crippen LogP contribution in [0.1, 0.15) is 18.1 Å². The van der Waals surface area contributed by atoms with Crippen molar-refractivity contribution in [3.05, 3.63) is 21.5 Å². The zero-order valence-corrected chi connectivity index (χ0v) is 9.76. The average molecular weight is 234 g/mol. The van der Waals surface area contributed by atoms with Gasteiger partial charge in [0, 0.05) is 6.54 Å². The zero-order chi connectivity index (χ0) is 12.3. The van der Waals surface area contributed by atoms with Crippen molar-refractivity contribution in [2.24, 2.45) is 0 Å². The van der Waals surface area contributed by atoms with Crippen LogP contribution >= 0.6 is 11.8 Å². The van der Waals surface area contributed by atoms with Crippen LogP contribution < -0.4 is 11.3 Å². The summed E-state index contributed by atoms with van der Waals surface area (Å²) in [5.41, 5.74) is 5.47. The molecule has 0 aliphatic carbocycles. The second-order valence-corrected chi connectivity index (χ2v) is 3.76. The zero-order valence-electron chi connectivity index (χ0n) is 8.94. The normalized spacial score (nSPS) is 9.50. The first kappa shape index (κ1) is 12.2. The molecular weight excluding hydrogens is 224 g/mol. The maximum Gasteiger partial charge on any atom is 0.271 e. The van der Waals surface area contributed by atoms with Gasteiger partial charge in [-0.1, -0.05) is 0 Å². The van der Waals surface area contributed by atoms with Crippen molar-refractivity contribution in [1.29, 1.82) is 10.5 Å². The molecule has 0 aliphatic heterocycles. The number of nitriles is 2. The van der Waals surface area contributed by atoms with Gasteiger partial charge in [0.05, 0.1) is 4.90 Å². The number of rotatable bonds is 2. The predicted molar refractivity (Wildman–Crippen MR) is 62.0 cm³/mol. The van der Waals surface area contributed by atoms with Crippen LogP contribution in [0.5, 0.6) is 0 Å². The lowest BCUT2D eigenvalue weighted by Gasteiger charge is -2.12. The molecule has 0 aromatic carbocycles. The van der Waals surface area contributed by atoms with E-state index in [1.54, 1.807) is 13.2 Å². The third-order valence-corrected chi connectivity index (χ3v) is 3.02. The smallest absolute Gasteiger partial charge is 0.271 e. The number of aromatic nitrogens is 1. The fraction of sp³-hybridized carbons (Fsp3) is 0.300.